The summed E-state index contributed by atoms with van der Waals surface area (Å²) in [6.45, 7) is 2.03. The van der Waals surface area contributed by atoms with Crippen molar-refractivity contribution in [3.05, 3.63) is 65.7 Å². The Kier molecular flexibility index (Phi) is 2.84. The minimum Gasteiger partial charge on any atom is -0.298 e. The van der Waals surface area contributed by atoms with Crippen molar-refractivity contribution in [1.29, 1.82) is 0 Å². The van der Waals surface area contributed by atoms with Crippen LogP contribution in [0.5, 0.6) is 0 Å². The van der Waals surface area contributed by atoms with E-state index in [9.17, 15) is 4.79 Å². The van der Waals surface area contributed by atoms with E-state index in [0.717, 1.165) is 34.0 Å². The lowest BCUT2D eigenvalue weighted by molar-refractivity contribution is 0.112. The highest BCUT2D eigenvalue weighted by molar-refractivity contribution is 5.93. The summed E-state index contributed by atoms with van der Waals surface area (Å²) in [4.78, 5) is 15.9. The fourth-order valence-electron chi connectivity index (χ4n) is 2.25. The first-order chi connectivity index (χ1) is 9.28. The summed E-state index contributed by atoms with van der Waals surface area (Å²) < 4.78 is 0. The molecular formula is C17H13NO. The average Bonchev–Trinajstić information content (AvgIpc) is 2.46. The van der Waals surface area contributed by atoms with Gasteiger partial charge in [0.25, 0.3) is 0 Å². The molecule has 0 aliphatic carbocycles. The van der Waals surface area contributed by atoms with Crippen LogP contribution in [-0.4, -0.2) is 11.3 Å². The number of carbonyl (C=O) groups is 1. The minimum atomic E-state index is 0.629. The molecule has 2 heteroatoms. The molecule has 0 fully saturated rings. The van der Waals surface area contributed by atoms with Gasteiger partial charge in [-0.1, -0.05) is 42.0 Å². The maximum absolute atomic E-state index is 11.3. The number of rotatable bonds is 2. The second-order valence-corrected chi connectivity index (χ2v) is 4.61. The van der Waals surface area contributed by atoms with E-state index in [1.165, 1.54) is 0 Å². The SMILES string of the molecule is Cc1cccc(-c2nc3ccccc3cc2C=O)c1. The van der Waals surface area contributed by atoms with Crippen molar-refractivity contribution in [2.75, 3.05) is 0 Å². The lowest BCUT2D eigenvalue weighted by Gasteiger charge is -2.07. The van der Waals surface area contributed by atoms with Gasteiger partial charge in [-0.2, -0.15) is 0 Å². The number of benzene rings is 2. The maximum Gasteiger partial charge on any atom is 0.152 e. The van der Waals surface area contributed by atoms with E-state index in [4.69, 9.17) is 0 Å². The zero-order valence-electron chi connectivity index (χ0n) is 10.6. The number of hydrogen-bond donors (Lipinski definition) is 0. The Labute approximate surface area is 111 Å². The Morgan fingerprint density at radius 3 is 2.63 bits per heavy atom. The Morgan fingerprint density at radius 1 is 1.00 bits per heavy atom. The highest BCUT2D eigenvalue weighted by Gasteiger charge is 2.08. The van der Waals surface area contributed by atoms with Crippen molar-refractivity contribution in [2.24, 2.45) is 0 Å². The summed E-state index contributed by atoms with van der Waals surface area (Å²) in [6.07, 6.45) is 0.872. The van der Waals surface area contributed by atoms with E-state index in [0.29, 0.717) is 5.56 Å². The van der Waals surface area contributed by atoms with Gasteiger partial charge in [0.05, 0.1) is 11.2 Å². The van der Waals surface area contributed by atoms with E-state index >= 15 is 0 Å². The van der Waals surface area contributed by atoms with E-state index in [-0.39, 0.29) is 0 Å². The largest absolute Gasteiger partial charge is 0.298 e. The molecule has 1 aromatic heterocycles. The molecule has 0 unspecified atom stereocenters. The monoisotopic (exact) mass is 247 g/mol. The molecule has 3 rings (SSSR count). The summed E-state index contributed by atoms with van der Waals surface area (Å²) in [5, 5.41) is 0.987. The lowest BCUT2D eigenvalue weighted by atomic mass is 10.0. The number of aromatic nitrogens is 1. The molecule has 0 aliphatic rings. The maximum atomic E-state index is 11.3. The highest BCUT2D eigenvalue weighted by Crippen LogP contribution is 2.25. The summed E-state index contributed by atoms with van der Waals surface area (Å²) in [5.41, 5.74) is 4.42. The van der Waals surface area contributed by atoms with Crippen LogP contribution in [-0.2, 0) is 0 Å². The fraction of sp³-hybridized carbons (Fsp3) is 0.0588. The van der Waals surface area contributed by atoms with Crippen molar-refractivity contribution in [2.45, 2.75) is 6.92 Å². The molecule has 3 aromatic rings. The van der Waals surface area contributed by atoms with Crippen LogP contribution in [0.15, 0.2) is 54.6 Å². The van der Waals surface area contributed by atoms with Gasteiger partial charge >= 0.3 is 0 Å². The molecule has 19 heavy (non-hydrogen) atoms. The van der Waals surface area contributed by atoms with Gasteiger partial charge in [0.2, 0.25) is 0 Å². The van der Waals surface area contributed by atoms with E-state index in [1.54, 1.807) is 0 Å². The van der Waals surface area contributed by atoms with Gasteiger partial charge in [0, 0.05) is 16.5 Å². The van der Waals surface area contributed by atoms with Crippen LogP contribution >= 0.6 is 0 Å². The summed E-state index contributed by atoms with van der Waals surface area (Å²) in [7, 11) is 0. The van der Waals surface area contributed by atoms with Crippen molar-refractivity contribution >= 4 is 17.2 Å². The third kappa shape index (κ3) is 2.13. The molecular weight excluding hydrogens is 234 g/mol. The van der Waals surface area contributed by atoms with Crippen molar-refractivity contribution in [1.82, 2.24) is 4.98 Å². The lowest BCUT2D eigenvalue weighted by Crippen LogP contribution is -1.93. The zero-order valence-corrected chi connectivity index (χ0v) is 10.6. The highest BCUT2D eigenvalue weighted by atomic mass is 16.1. The van der Waals surface area contributed by atoms with E-state index in [2.05, 4.69) is 4.98 Å². The van der Waals surface area contributed by atoms with Gasteiger partial charge in [-0.3, -0.25) is 4.79 Å². The van der Waals surface area contributed by atoms with Crippen molar-refractivity contribution in [3.63, 3.8) is 0 Å². The Hall–Kier alpha value is -2.48. The number of nitrogens with zero attached hydrogens (tertiary/aromatic N) is 1. The predicted octanol–water partition coefficient (Wildman–Crippen LogP) is 4.02. The van der Waals surface area contributed by atoms with Gasteiger partial charge in [-0.15, -0.1) is 0 Å². The summed E-state index contributed by atoms with van der Waals surface area (Å²) in [6, 6.07) is 17.8. The van der Waals surface area contributed by atoms with Gasteiger partial charge in [-0.25, -0.2) is 4.98 Å². The molecule has 2 aromatic carbocycles. The van der Waals surface area contributed by atoms with Gasteiger partial charge in [0.1, 0.15) is 0 Å². The fourth-order valence-corrected chi connectivity index (χ4v) is 2.25. The molecule has 0 bridgehead atoms. The van der Waals surface area contributed by atoms with Gasteiger partial charge in [0.15, 0.2) is 6.29 Å². The predicted molar refractivity (Wildman–Crippen MR) is 77.3 cm³/mol. The number of aldehydes is 1. The molecule has 0 aliphatic heterocycles. The molecule has 92 valence electrons. The zero-order chi connectivity index (χ0) is 13.2. The van der Waals surface area contributed by atoms with Crippen LogP contribution in [0.2, 0.25) is 0 Å². The molecule has 0 radical (unpaired) electrons. The van der Waals surface area contributed by atoms with Gasteiger partial charge in [-0.05, 0) is 25.1 Å². The second-order valence-electron chi connectivity index (χ2n) is 4.61. The number of fused-ring (bicyclic) bond motifs is 1. The smallest absolute Gasteiger partial charge is 0.152 e. The first kappa shape index (κ1) is 11.6. The molecule has 0 amide bonds. The molecule has 0 spiro atoms. The van der Waals surface area contributed by atoms with Gasteiger partial charge < -0.3 is 0 Å². The average molecular weight is 247 g/mol. The third-order valence-corrected chi connectivity index (χ3v) is 3.17. The molecule has 0 N–H and O–H groups in total. The van der Waals surface area contributed by atoms with Crippen molar-refractivity contribution < 1.29 is 4.79 Å². The first-order valence-corrected chi connectivity index (χ1v) is 6.20. The quantitative estimate of drug-likeness (QED) is 0.640. The van der Waals surface area contributed by atoms with Crippen LogP contribution in [0.4, 0.5) is 0 Å². The van der Waals surface area contributed by atoms with Crippen LogP contribution in [0.1, 0.15) is 15.9 Å². The van der Waals surface area contributed by atoms with E-state index < -0.39 is 0 Å². The molecule has 0 atom stereocenters. The van der Waals surface area contributed by atoms with Crippen molar-refractivity contribution in [3.8, 4) is 11.3 Å². The number of pyridine rings is 1. The molecule has 0 saturated carbocycles. The molecule has 2 nitrogen and oxygen atoms in total. The van der Waals surface area contributed by atoms with Crippen LogP contribution < -0.4 is 0 Å². The topological polar surface area (TPSA) is 30.0 Å². The van der Waals surface area contributed by atoms with Crippen LogP contribution in [0, 0.1) is 6.92 Å². The third-order valence-electron chi connectivity index (χ3n) is 3.17. The molecule has 1 heterocycles. The summed E-state index contributed by atoms with van der Waals surface area (Å²) in [5.74, 6) is 0. The Morgan fingerprint density at radius 2 is 1.84 bits per heavy atom. The molecule has 0 saturated heterocycles. The Balaban J connectivity index is 2.30. The second kappa shape index (κ2) is 4.65. The number of para-hydroxylation sites is 1. The minimum absolute atomic E-state index is 0.629. The normalized spacial score (nSPS) is 10.6. The van der Waals surface area contributed by atoms with Crippen LogP contribution in [0.3, 0.4) is 0 Å². The van der Waals surface area contributed by atoms with Crippen LogP contribution in [0.25, 0.3) is 22.2 Å². The van der Waals surface area contributed by atoms with E-state index in [1.807, 2.05) is 61.5 Å². The number of carbonyl (C=O) groups excluding carboxylic acids is 1. The standard InChI is InChI=1S/C17H13NO/c1-12-5-4-7-14(9-12)17-15(11-19)10-13-6-2-3-8-16(13)18-17/h2-11H,1H3. The first-order valence-electron chi connectivity index (χ1n) is 6.20. The number of hydrogen-bond acceptors (Lipinski definition) is 2. The summed E-state index contributed by atoms with van der Waals surface area (Å²) >= 11 is 0. The Bertz CT molecular complexity index is 762. The number of aryl methyl sites for hydroxylation is 1.